The van der Waals surface area contributed by atoms with E-state index in [2.05, 4.69) is 4.98 Å². The summed E-state index contributed by atoms with van der Waals surface area (Å²) in [5.41, 5.74) is 1.26. The average molecular weight is 477 g/mol. The molecule has 0 saturated carbocycles. The van der Waals surface area contributed by atoms with Crippen molar-refractivity contribution in [3.05, 3.63) is 70.3 Å². The molecule has 0 aliphatic carbocycles. The number of rotatable bonds is 8. The third kappa shape index (κ3) is 5.53. The molecule has 0 unspecified atom stereocenters. The van der Waals surface area contributed by atoms with Crippen LogP contribution in [0.15, 0.2) is 48.0 Å². The van der Waals surface area contributed by atoms with Gasteiger partial charge in [0.05, 0.1) is 18.8 Å². The Labute approximate surface area is 189 Å². The second-order valence-electron chi connectivity index (χ2n) is 7.27. The number of allylic oxidation sites excluding steroid dienone is 1. The number of nitrogens with zero attached hydrogens (tertiary/aromatic N) is 3. The van der Waals surface area contributed by atoms with Crippen LogP contribution >= 0.6 is 7.60 Å². The van der Waals surface area contributed by atoms with Crippen LogP contribution in [0.1, 0.15) is 36.1 Å². The molecule has 0 N–H and O–H groups in total. The van der Waals surface area contributed by atoms with E-state index < -0.39 is 19.3 Å². The molecule has 1 aromatic carbocycles. The van der Waals surface area contributed by atoms with Crippen molar-refractivity contribution in [3.63, 3.8) is 0 Å². The zero-order valence-corrected chi connectivity index (χ0v) is 19.3. The number of aromatic nitrogens is 2. The Hall–Kier alpha value is -2.92. The van der Waals surface area contributed by atoms with Gasteiger partial charge >= 0.3 is 13.8 Å². The van der Waals surface area contributed by atoms with Gasteiger partial charge in [-0.3, -0.25) is 4.57 Å². The Kier molecular flexibility index (Phi) is 7.43. The van der Waals surface area contributed by atoms with Crippen molar-refractivity contribution in [2.45, 2.75) is 33.5 Å². The summed E-state index contributed by atoms with van der Waals surface area (Å²) in [4.78, 5) is 4.36. The number of hydrogen-bond acceptors (Lipinski definition) is 5. The van der Waals surface area contributed by atoms with Gasteiger partial charge in [0.25, 0.3) is 0 Å². The highest BCUT2D eigenvalue weighted by Gasteiger charge is 2.31. The van der Waals surface area contributed by atoms with E-state index in [1.54, 1.807) is 55.9 Å². The van der Waals surface area contributed by atoms with Crippen molar-refractivity contribution in [3.8, 4) is 6.07 Å². The fourth-order valence-corrected chi connectivity index (χ4v) is 4.99. The predicted molar refractivity (Wildman–Crippen MR) is 119 cm³/mol. The molecule has 3 aromatic rings. The molecule has 0 radical (unpaired) electrons. The lowest BCUT2D eigenvalue weighted by molar-refractivity contribution is -0.137. The summed E-state index contributed by atoms with van der Waals surface area (Å²) in [6.45, 7) is 5.21. The first kappa shape index (κ1) is 24.7. The van der Waals surface area contributed by atoms with E-state index in [0.717, 1.165) is 12.1 Å². The van der Waals surface area contributed by atoms with Crippen molar-refractivity contribution in [1.29, 1.82) is 5.26 Å². The Bertz CT molecular complexity index is 1270. The van der Waals surface area contributed by atoms with Crippen molar-refractivity contribution < 1.29 is 26.8 Å². The first-order chi connectivity index (χ1) is 15.6. The third-order valence-corrected chi connectivity index (χ3v) is 6.80. The molecular weight excluding hydrogens is 454 g/mol. The molecule has 2 aromatic heterocycles. The van der Waals surface area contributed by atoms with Crippen LogP contribution in [0.4, 0.5) is 13.2 Å². The molecule has 0 spiro atoms. The molecule has 0 aliphatic heterocycles. The van der Waals surface area contributed by atoms with Crippen LogP contribution in [-0.4, -0.2) is 22.8 Å². The van der Waals surface area contributed by atoms with Crippen molar-refractivity contribution >= 4 is 24.7 Å². The highest BCUT2D eigenvalue weighted by atomic mass is 31.2. The fraction of sp³-hybridized carbons (Fsp3) is 0.304. The normalized spacial score (nSPS) is 12.8. The summed E-state index contributed by atoms with van der Waals surface area (Å²) in [5.74, 6) is 0. The Morgan fingerprint density at radius 2 is 1.94 bits per heavy atom. The summed E-state index contributed by atoms with van der Waals surface area (Å²) < 4.78 is 65.1. The van der Waals surface area contributed by atoms with Crippen LogP contribution in [-0.2, 0) is 26.3 Å². The van der Waals surface area contributed by atoms with Gasteiger partial charge in [0.1, 0.15) is 17.0 Å². The topological polar surface area (TPSA) is 77.1 Å². The summed E-state index contributed by atoms with van der Waals surface area (Å²) >= 11 is 0. The maximum Gasteiger partial charge on any atom is 0.416 e. The molecule has 0 fully saturated rings. The van der Waals surface area contributed by atoms with Crippen molar-refractivity contribution in [2.24, 2.45) is 0 Å². The van der Waals surface area contributed by atoms with Crippen molar-refractivity contribution in [2.75, 3.05) is 13.2 Å². The second kappa shape index (κ2) is 9.92. The molecule has 3 rings (SSSR count). The van der Waals surface area contributed by atoms with Gasteiger partial charge in [-0.1, -0.05) is 11.6 Å². The SMILES string of the molecule is CCOP(=O)(OCC)/C(C#N)=C/c1cn(Cc2cc(C)cc(C(F)(F)F)c2)c2ncccc12. The molecule has 0 amide bonds. The largest absolute Gasteiger partial charge is 0.416 e. The van der Waals surface area contributed by atoms with Crippen LogP contribution in [0, 0.1) is 18.3 Å². The molecule has 6 nitrogen and oxygen atoms in total. The van der Waals surface area contributed by atoms with Crippen LogP contribution in [0.5, 0.6) is 0 Å². The minimum atomic E-state index is -4.45. The van der Waals surface area contributed by atoms with E-state index in [4.69, 9.17) is 9.05 Å². The van der Waals surface area contributed by atoms with E-state index in [9.17, 15) is 23.0 Å². The zero-order chi connectivity index (χ0) is 24.2. The number of aryl methyl sites for hydroxylation is 1. The molecule has 0 atom stereocenters. The zero-order valence-electron chi connectivity index (χ0n) is 18.4. The number of hydrogen-bond donors (Lipinski definition) is 0. The van der Waals surface area contributed by atoms with E-state index >= 15 is 0 Å². The minimum absolute atomic E-state index is 0.0918. The average Bonchev–Trinajstić information content (AvgIpc) is 3.08. The first-order valence-corrected chi connectivity index (χ1v) is 11.8. The van der Waals surface area contributed by atoms with Crippen molar-refractivity contribution in [1.82, 2.24) is 9.55 Å². The molecule has 0 bridgehead atoms. The van der Waals surface area contributed by atoms with Gasteiger partial charge in [-0.15, -0.1) is 0 Å². The molecule has 33 heavy (non-hydrogen) atoms. The van der Waals surface area contributed by atoms with E-state index in [1.165, 1.54) is 6.08 Å². The van der Waals surface area contributed by atoms with Gasteiger partial charge in [-0.25, -0.2) is 4.98 Å². The summed E-state index contributed by atoms with van der Waals surface area (Å²) in [6.07, 6.45) is 0.199. The Balaban J connectivity index is 2.10. The van der Waals surface area contributed by atoms with Crippen LogP contribution in [0.2, 0.25) is 0 Å². The molecule has 174 valence electrons. The van der Waals surface area contributed by atoms with Crippen LogP contribution < -0.4 is 0 Å². The Morgan fingerprint density at radius 3 is 2.55 bits per heavy atom. The number of benzene rings is 1. The van der Waals surface area contributed by atoms with E-state index in [0.29, 0.717) is 27.7 Å². The highest BCUT2D eigenvalue weighted by Crippen LogP contribution is 2.56. The number of nitriles is 1. The minimum Gasteiger partial charge on any atom is -0.327 e. The summed E-state index contributed by atoms with van der Waals surface area (Å²) in [7, 11) is -3.82. The summed E-state index contributed by atoms with van der Waals surface area (Å²) in [5, 5.41) is 10.1. The van der Waals surface area contributed by atoms with E-state index in [-0.39, 0.29) is 25.1 Å². The van der Waals surface area contributed by atoms with Gasteiger partial charge < -0.3 is 13.6 Å². The third-order valence-electron chi connectivity index (χ3n) is 4.78. The maximum atomic E-state index is 13.3. The van der Waals surface area contributed by atoms with Crippen LogP contribution in [0.25, 0.3) is 17.1 Å². The number of fused-ring (bicyclic) bond motifs is 1. The highest BCUT2D eigenvalue weighted by molar-refractivity contribution is 7.59. The molecule has 0 aliphatic rings. The van der Waals surface area contributed by atoms with E-state index in [1.807, 2.05) is 6.07 Å². The molecule has 0 saturated heterocycles. The number of pyridine rings is 1. The van der Waals surface area contributed by atoms with Crippen LogP contribution in [0.3, 0.4) is 0 Å². The standard InChI is InChI=1S/C23H23F3N3O3P/c1-4-31-33(30,32-5-2)20(13-27)12-18-15-29(22-21(18)7-6-8-28-22)14-17-9-16(3)10-19(11-17)23(24,25)26/h6-12,15H,4-5,14H2,1-3H3/b20-12+. The Morgan fingerprint density at radius 1 is 1.24 bits per heavy atom. The molecule has 10 heteroatoms. The lowest BCUT2D eigenvalue weighted by atomic mass is 10.1. The fourth-order valence-electron chi connectivity index (χ4n) is 3.54. The maximum absolute atomic E-state index is 13.3. The quantitative estimate of drug-likeness (QED) is 0.272. The van der Waals surface area contributed by atoms with Gasteiger partial charge in [0.2, 0.25) is 0 Å². The lowest BCUT2D eigenvalue weighted by Gasteiger charge is -2.15. The van der Waals surface area contributed by atoms with Gasteiger partial charge in [0.15, 0.2) is 0 Å². The van der Waals surface area contributed by atoms with Gasteiger partial charge in [-0.2, -0.15) is 18.4 Å². The molecular formula is C23H23F3N3O3P. The smallest absolute Gasteiger partial charge is 0.327 e. The lowest BCUT2D eigenvalue weighted by Crippen LogP contribution is -2.07. The molecule has 2 heterocycles. The number of alkyl halides is 3. The van der Waals surface area contributed by atoms with Gasteiger partial charge in [-0.05, 0) is 56.7 Å². The summed E-state index contributed by atoms with van der Waals surface area (Å²) in [6, 6.07) is 9.27. The monoisotopic (exact) mass is 477 g/mol. The number of halogens is 3. The predicted octanol–water partition coefficient (Wildman–Crippen LogP) is 6.54. The first-order valence-electron chi connectivity index (χ1n) is 10.2. The second-order valence-corrected chi connectivity index (χ2v) is 9.26. The van der Waals surface area contributed by atoms with Gasteiger partial charge in [0, 0.05) is 29.9 Å².